The number of aliphatic imine (C=N–C) groups is 1. The zero-order valence-electron chi connectivity index (χ0n) is 25.3. The Hall–Kier alpha value is -4.91. The fourth-order valence-corrected chi connectivity index (χ4v) is 5.55. The number of alkyl halides is 3. The molecule has 0 spiro atoms. The smallest absolute Gasteiger partial charge is 0.406 e. The van der Waals surface area contributed by atoms with Gasteiger partial charge in [0.1, 0.15) is 12.1 Å². The van der Waals surface area contributed by atoms with E-state index in [2.05, 4.69) is 39.0 Å². The van der Waals surface area contributed by atoms with E-state index in [1.54, 1.807) is 4.90 Å². The molecule has 1 N–H and O–H groups in total. The van der Waals surface area contributed by atoms with Gasteiger partial charge < -0.3 is 10.1 Å². The lowest BCUT2D eigenvalue weighted by molar-refractivity contribution is -0.274. The number of urea groups is 1. The third-order valence-corrected chi connectivity index (χ3v) is 7.83. The number of thioether (sulfide) groups is 1. The highest BCUT2D eigenvalue weighted by atomic mass is 32.2. The summed E-state index contributed by atoms with van der Waals surface area (Å²) in [6, 6.07) is 18.4. The maximum atomic E-state index is 12.7. The van der Waals surface area contributed by atoms with Gasteiger partial charge >= 0.3 is 12.4 Å². The van der Waals surface area contributed by atoms with E-state index in [9.17, 15) is 22.8 Å². The lowest BCUT2D eigenvalue weighted by atomic mass is 9.99. The fourth-order valence-electron chi connectivity index (χ4n) is 4.69. The molecule has 5 rings (SSSR count). The van der Waals surface area contributed by atoms with Crippen molar-refractivity contribution >= 4 is 40.6 Å². The van der Waals surface area contributed by atoms with Crippen LogP contribution < -0.4 is 15.0 Å². The molecule has 0 saturated carbocycles. The molecule has 0 atom stereocenters. The molecule has 0 unspecified atom stereocenters. The number of anilines is 1. The maximum Gasteiger partial charge on any atom is 0.573 e. The number of ether oxygens (including phenoxy) is 1. The second-order valence-corrected chi connectivity index (χ2v) is 11.7. The predicted molar refractivity (Wildman–Crippen MR) is 173 cm³/mol. The van der Waals surface area contributed by atoms with E-state index in [1.807, 2.05) is 61.5 Å². The summed E-state index contributed by atoms with van der Waals surface area (Å²) in [4.78, 5) is 35.4. The minimum absolute atomic E-state index is 0.102. The maximum absolute atomic E-state index is 12.7. The molecule has 1 aliphatic rings. The molecule has 1 fully saturated rings. The first-order valence-corrected chi connectivity index (χ1v) is 15.4. The van der Waals surface area contributed by atoms with Gasteiger partial charge in [0, 0.05) is 12.1 Å². The number of aromatic nitrogens is 3. The number of rotatable bonds is 9. The molecule has 46 heavy (non-hydrogen) atoms. The van der Waals surface area contributed by atoms with Crippen molar-refractivity contribution in [2.75, 3.05) is 17.2 Å². The van der Waals surface area contributed by atoms with Crippen LogP contribution >= 0.6 is 11.8 Å². The molecule has 1 saturated heterocycles. The van der Waals surface area contributed by atoms with Gasteiger partial charge in [0.25, 0.3) is 0 Å². The van der Waals surface area contributed by atoms with Gasteiger partial charge in [-0.15, -0.1) is 18.3 Å². The first-order chi connectivity index (χ1) is 22.0. The zero-order chi connectivity index (χ0) is 32.8. The topological polar surface area (TPSA) is 102 Å². The van der Waals surface area contributed by atoms with Crippen molar-refractivity contribution in [2.45, 2.75) is 39.5 Å². The van der Waals surface area contributed by atoms with E-state index < -0.39 is 12.4 Å². The Kier molecular flexibility index (Phi) is 9.90. The Bertz CT molecular complexity index is 1770. The number of amides is 3. The number of benzene rings is 3. The van der Waals surface area contributed by atoms with Gasteiger partial charge in [-0.2, -0.15) is 4.99 Å². The third-order valence-electron chi connectivity index (χ3n) is 6.90. The van der Waals surface area contributed by atoms with Crippen molar-refractivity contribution < 1.29 is 27.5 Å². The largest absolute Gasteiger partial charge is 0.573 e. The van der Waals surface area contributed by atoms with Crippen molar-refractivity contribution in [3.05, 3.63) is 95.8 Å². The molecule has 2 heterocycles. The first kappa shape index (κ1) is 32.5. The lowest BCUT2D eigenvalue weighted by Crippen LogP contribution is -2.32. The number of nitrogens with one attached hydrogen (secondary N) is 1. The van der Waals surface area contributed by atoms with Gasteiger partial charge in [0.05, 0.1) is 17.1 Å². The minimum atomic E-state index is -4.75. The van der Waals surface area contributed by atoms with Gasteiger partial charge in [-0.3, -0.25) is 9.69 Å². The van der Waals surface area contributed by atoms with Crippen molar-refractivity contribution in [1.29, 1.82) is 0 Å². The van der Waals surface area contributed by atoms with Crippen LogP contribution in [-0.4, -0.2) is 50.5 Å². The van der Waals surface area contributed by atoms with Crippen LogP contribution in [0.3, 0.4) is 0 Å². The Labute approximate surface area is 268 Å². The van der Waals surface area contributed by atoms with Crippen molar-refractivity contribution in [1.82, 2.24) is 20.1 Å². The Balaban J connectivity index is 1.13. The summed E-state index contributed by atoms with van der Waals surface area (Å²) in [5.74, 6) is 0.471. The summed E-state index contributed by atoms with van der Waals surface area (Å²) < 4.78 is 42.6. The SMILES string of the molecule is Cc1ccc(C(C)C)c(N2C(=O)CS/C2=N\C(=O)NCC/C=C/c2ccc(-c3ncn(-c4ccc(OC(F)(F)F)cc4)n3)cc2)c1. The number of halogens is 3. The zero-order valence-corrected chi connectivity index (χ0v) is 26.1. The summed E-state index contributed by atoms with van der Waals surface area (Å²) in [7, 11) is 0. The van der Waals surface area contributed by atoms with E-state index >= 15 is 0 Å². The quantitative estimate of drug-likeness (QED) is 0.189. The molecule has 9 nitrogen and oxygen atoms in total. The Morgan fingerprint density at radius 2 is 1.85 bits per heavy atom. The summed E-state index contributed by atoms with van der Waals surface area (Å²) in [5, 5.41) is 7.58. The van der Waals surface area contributed by atoms with Gasteiger partial charge in [0.15, 0.2) is 11.0 Å². The summed E-state index contributed by atoms with van der Waals surface area (Å²) in [6.07, 6.45) is 1.16. The molecule has 1 aliphatic heterocycles. The molecule has 0 radical (unpaired) electrons. The van der Waals surface area contributed by atoms with Crippen LogP contribution in [0, 0.1) is 6.92 Å². The molecular formula is C33H31F3N6O3S. The highest BCUT2D eigenvalue weighted by Crippen LogP contribution is 2.34. The van der Waals surface area contributed by atoms with Crippen molar-refractivity contribution in [3.63, 3.8) is 0 Å². The van der Waals surface area contributed by atoms with E-state index in [4.69, 9.17) is 0 Å². The molecular weight excluding hydrogens is 617 g/mol. The summed E-state index contributed by atoms with van der Waals surface area (Å²) in [6.45, 7) is 6.46. The number of hydrogen-bond acceptors (Lipinski definition) is 6. The van der Waals surface area contributed by atoms with Crippen molar-refractivity contribution in [3.8, 4) is 22.8 Å². The normalized spacial score (nSPS) is 14.5. The van der Waals surface area contributed by atoms with Crippen LogP contribution in [-0.2, 0) is 4.79 Å². The Morgan fingerprint density at radius 1 is 1.11 bits per heavy atom. The van der Waals surface area contributed by atoms with Gasteiger partial charge in [-0.1, -0.05) is 74.2 Å². The van der Waals surface area contributed by atoms with Gasteiger partial charge in [-0.25, -0.2) is 14.5 Å². The standard InChI is InChI=1S/C33H31F3N6O3S/c1-21(2)27-16-7-22(3)18-28(27)42-29(43)19-46-32(42)39-31(44)37-17-5-4-6-23-8-10-24(11-9-23)30-38-20-41(40-30)25-12-14-26(15-13-25)45-33(34,35)36/h4,6-16,18,20-21H,5,17,19H2,1-3H3,(H,37,44)/b6-4+,39-32-. The highest BCUT2D eigenvalue weighted by molar-refractivity contribution is 8.15. The molecule has 13 heteroatoms. The van der Waals surface area contributed by atoms with E-state index in [0.29, 0.717) is 29.6 Å². The van der Waals surface area contributed by atoms with Crippen LogP contribution in [0.25, 0.3) is 23.2 Å². The Morgan fingerprint density at radius 3 is 2.54 bits per heavy atom. The molecule has 3 amide bonds. The van der Waals surface area contributed by atoms with Gasteiger partial charge in [0.2, 0.25) is 5.91 Å². The number of nitrogens with zero attached hydrogens (tertiary/aromatic N) is 5. The predicted octanol–water partition coefficient (Wildman–Crippen LogP) is 7.51. The van der Waals surface area contributed by atoms with Crippen LogP contribution in [0.4, 0.5) is 23.7 Å². The molecule has 0 aliphatic carbocycles. The van der Waals surface area contributed by atoms with Crippen molar-refractivity contribution in [2.24, 2.45) is 4.99 Å². The average molecular weight is 649 g/mol. The molecule has 238 valence electrons. The number of hydrogen-bond donors (Lipinski definition) is 1. The molecule has 4 aromatic rings. The van der Waals surface area contributed by atoms with Crippen LogP contribution in [0.15, 0.2) is 84.1 Å². The van der Waals surface area contributed by atoms with Crippen LogP contribution in [0.2, 0.25) is 0 Å². The summed E-state index contributed by atoms with van der Waals surface area (Å²) >= 11 is 1.25. The second-order valence-electron chi connectivity index (χ2n) is 10.7. The van der Waals surface area contributed by atoms with Gasteiger partial charge in [-0.05, 0) is 66.3 Å². The lowest BCUT2D eigenvalue weighted by Gasteiger charge is -2.22. The van der Waals surface area contributed by atoms with Crippen LogP contribution in [0.1, 0.15) is 42.9 Å². The number of amidine groups is 1. The fraction of sp³-hybridized carbons (Fsp3) is 0.242. The molecule has 3 aromatic carbocycles. The third kappa shape index (κ3) is 8.21. The molecule has 1 aromatic heterocycles. The number of carbonyl (C=O) groups is 2. The van der Waals surface area contributed by atoms with E-state index in [1.165, 1.54) is 47.0 Å². The van der Waals surface area contributed by atoms with E-state index in [-0.39, 0.29) is 23.3 Å². The molecule has 0 bridgehead atoms. The summed E-state index contributed by atoms with van der Waals surface area (Å²) in [5.41, 5.74) is 5.04. The second kappa shape index (κ2) is 14.0. The first-order valence-electron chi connectivity index (χ1n) is 14.4. The highest BCUT2D eigenvalue weighted by Gasteiger charge is 2.33. The van der Waals surface area contributed by atoms with Crippen LogP contribution in [0.5, 0.6) is 5.75 Å². The average Bonchev–Trinajstić information content (AvgIpc) is 3.64. The number of aryl methyl sites for hydroxylation is 1. The van der Waals surface area contributed by atoms with E-state index in [0.717, 1.165) is 27.9 Å². The number of carbonyl (C=O) groups excluding carboxylic acids is 2. The monoisotopic (exact) mass is 648 g/mol. The minimum Gasteiger partial charge on any atom is -0.406 e.